The number of pyridine rings is 1. The van der Waals surface area contributed by atoms with E-state index in [0.29, 0.717) is 10.7 Å². The van der Waals surface area contributed by atoms with Gasteiger partial charge in [-0.15, -0.1) is 0 Å². The molecule has 0 amide bonds. The molecule has 0 bridgehead atoms. The summed E-state index contributed by atoms with van der Waals surface area (Å²) in [7, 11) is 0. The Labute approximate surface area is 92.1 Å². The Hall–Kier alpha value is -1.74. The molecule has 0 atom stereocenters. The third-order valence-electron chi connectivity index (χ3n) is 2.01. The van der Waals surface area contributed by atoms with E-state index in [1.54, 1.807) is 30.5 Å². The van der Waals surface area contributed by atoms with Crippen molar-refractivity contribution in [1.82, 2.24) is 4.98 Å². The number of hydrogen-bond donors (Lipinski definition) is 2. The Morgan fingerprint density at radius 1 is 1.20 bits per heavy atom. The molecule has 1 aromatic heterocycles. The molecule has 1 heterocycles. The van der Waals surface area contributed by atoms with Crippen molar-refractivity contribution in [2.75, 3.05) is 5.73 Å². The van der Waals surface area contributed by atoms with Gasteiger partial charge in [-0.2, -0.15) is 0 Å². The van der Waals surface area contributed by atoms with E-state index in [4.69, 9.17) is 17.3 Å². The van der Waals surface area contributed by atoms with Crippen LogP contribution in [0.5, 0.6) is 5.75 Å². The van der Waals surface area contributed by atoms with Gasteiger partial charge in [-0.05, 0) is 30.3 Å². The number of benzene rings is 1. The molecule has 3 nitrogen and oxygen atoms in total. The highest BCUT2D eigenvalue weighted by Crippen LogP contribution is 2.29. The van der Waals surface area contributed by atoms with Gasteiger partial charge in [-0.25, -0.2) is 0 Å². The average Bonchev–Trinajstić information content (AvgIpc) is 2.20. The summed E-state index contributed by atoms with van der Waals surface area (Å²) in [4.78, 5) is 4.15. The van der Waals surface area contributed by atoms with Gasteiger partial charge in [0.1, 0.15) is 5.75 Å². The highest BCUT2D eigenvalue weighted by molar-refractivity contribution is 6.33. The first-order valence-electron chi connectivity index (χ1n) is 4.37. The first-order valence-corrected chi connectivity index (χ1v) is 4.75. The second-order valence-electron chi connectivity index (χ2n) is 3.14. The summed E-state index contributed by atoms with van der Waals surface area (Å²) in [5.41, 5.74) is 7.64. The first-order chi connectivity index (χ1) is 7.16. The number of anilines is 1. The third-order valence-corrected chi connectivity index (χ3v) is 2.33. The van der Waals surface area contributed by atoms with E-state index in [1.165, 1.54) is 6.07 Å². The smallest absolute Gasteiger partial charge is 0.117 e. The predicted molar refractivity (Wildman–Crippen MR) is 60.8 cm³/mol. The second kappa shape index (κ2) is 3.79. The first kappa shape index (κ1) is 9.80. The monoisotopic (exact) mass is 220 g/mol. The summed E-state index contributed by atoms with van der Waals surface area (Å²) >= 11 is 5.97. The number of phenols is 1. The minimum absolute atomic E-state index is 0.138. The summed E-state index contributed by atoms with van der Waals surface area (Å²) in [5, 5.41) is 9.67. The van der Waals surface area contributed by atoms with Crippen molar-refractivity contribution in [3.8, 4) is 17.0 Å². The molecule has 0 aliphatic carbocycles. The summed E-state index contributed by atoms with van der Waals surface area (Å²) in [6, 6.07) is 8.31. The minimum atomic E-state index is 0.138. The van der Waals surface area contributed by atoms with Gasteiger partial charge in [0.2, 0.25) is 0 Å². The van der Waals surface area contributed by atoms with E-state index < -0.39 is 0 Å². The maximum atomic E-state index is 9.20. The summed E-state index contributed by atoms with van der Waals surface area (Å²) in [6.07, 6.45) is 1.57. The summed E-state index contributed by atoms with van der Waals surface area (Å²) in [5.74, 6) is 0.138. The number of nitrogens with two attached hydrogens (primary N) is 1. The van der Waals surface area contributed by atoms with E-state index in [9.17, 15) is 5.11 Å². The highest BCUT2D eigenvalue weighted by Gasteiger charge is 2.05. The van der Waals surface area contributed by atoms with Gasteiger partial charge < -0.3 is 10.8 Å². The third kappa shape index (κ3) is 2.02. The fourth-order valence-corrected chi connectivity index (χ4v) is 1.55. The van der Waals surface area contributed by atoms with Crippen LogP contribution in [-0.4, -0.2) is 10.1 Å². The molecule has 0 unspecified atom stereocenters. The molecule has 0 spiro atoms. The molecule has 0 saturated carbocycles. The molecule has 0 radical (unpaired) electrons. The van der Waals surface area contributed by atoms with Gasteiger partial charge in [-0.1, -0.05) is 11.6 Å². The molecular formula is C11H9ClN2O. The van der Waals surface area contributed by atoms with Crippen LogP contribution in [0.3, 0.4) is 0 Å². The Morgan fingerprint density at radius 2 is 2.00 bits per heavy atom. The van der Waals surface area contributed by atoms with Crippen LogP contribution in [0.1, 0.15) is 0 Å². The van der Waals surface area contributed by atoms with Crippen molar-refractivity contribution < 1.29 is 5.11 Å². The topological polar surface area (TPSA) is 59.1 Å². The van der Waals surface area contributed by atoms with Crippen molar-refractivity contribution >= 4 is 17.3 Å². The van der Waals surface area contributed by atoms with E-state index in [2.05, 4.69) is 4.98 Å². The lowest BCUT2D eigenvalue weighted by Crippen LogP contribution is -1.88. The van der Waals surface area contributed by atoms with Gasteiger partial charge in [0.15, 0.2) is 0 Å². The standard InChI is InChI=1S/C11H9ClN2O/c12-10-5-8(15)2-3-9(10)11-4-1-7(13)6-14-11/h1-6,15H,13H2. The van der Waals surface area contributed by atoms with E-state index >= 15 is 0 Å². The molecule has 0 aliphatic heterocycles. The zero-order valence-electron chi connectivity index (χ0n) is 7.81. The van der Waals surface area contributed by atoms with Crippen LogP contribution < -0.4 is 5.73 Å². The fourth-order valence-electron chi connectivity index (χ4n) is 1.28. The SMILES string of the molecule is Nc1ccc(-c2ccc(O)cc2Cl)nc1. The molecular weight excluding hydrogens is 212 g/mol. The number of phenolic OH excluding ortho intramolecular Hbond substituents is 1. The zero-order valence-corrected chi connectivity index (χ0v) is 8.57. The van der Waals surface area contributed by atoms with Crippen molar-refractivity contribution in [2.45, 2.75) is 0 Å². The fraction of sp³-hybridized carbons (Fsp3) is 0. The maximum absolute atomic E-state index is 9.20. The summed E-state index contributed by atoms with van der Waals surface area (Å²) in [6.45, 7) is 0. The molecule has 76 valence electrons. The minimum Gasteiger partial charge on any atom is -0.508 e. The van der Waals surface area contributed by atoms with Gasteiger partial charge in [-0.3, -0.25) is 4.98 Å². The van der Waals surface area contributed by atoms with Crippen LogP contribution in [0.4, 0.5) is 5.69 Å². The predicted octanol–water partition coefficient (Wildman–Crippen LogP) is 2.69. The van der Waals surface area contributed by atoms with Crippen molar-refractivity contribution in [2.24, 2.45) is 0 Å². The van der Waals surface area contributed by atoms with Crippen LogP contribution in [-0.2, 0) is 0 Å². The van der Waals surface area contributed by atoms with Crippen molar-refractivity contribution in [3.63, 3.8) is 0 Å². The number of aromatic nitrogens is 1. The molecule has 15 heavy (non-hydrogen) atoms. The van der Waals surface area contributed by atoms with Crippen LogP contribution in [0.15, 0.2) is 36.5 Å². The normalized spacial score (nSPS) is 10.2. The number of rotatable bonds is 1. The van der Waals surface area contributed by atoms with Crippen LogP contribution in [0.25, 0.3) is 11.3 Å². The lowest BCUT2D eigenvalue weighted by Gasteiger charge is -2.04. The van der Waals surface area contributed by atoms with Crippen LogP contribution in [0.2, 0.25) is 5.02 Å². The molecule has 2 aromatic rings. The van der Waals surface area contributed by atoms with E-state index in [0.717, 1.165) is 11.3 Å². The lowest BCUT2D eigenvalue weighted by molar-refractivity contribution is 0.475. The number of aromatic hydroxyl groups is 1. The quantitative estimate of drug-likeness (QED) is 0.777. The second-order valence-corrected chi connectivity index (χ2v) is 3.55. The maximum Gasteiger partial charge on any atom is 0.117 e. The Kier molecular flexibility index (Phi) is 2.47. The van der Waals surface area contributed by atoms with E-state index in [-0.39, 0.29) is 5.75 Å². The molecule has 3 N–H and O–H groups in total. The van der Waals surface area contributed by atoms with E-state index in [1.807, 2.05) is 0 Å². The van der Waals surface area contributed by atoms with Crippen LogP contribution >= 0.6 is 11.6 Å². The number of halogens is 1. The van der Waals surface area contributed by atoms with Crippen molar-refractivity contribution in [1.29, 1.82) is 0 Å². The molecule has 2 rings (SSSR count). The van der Waals surface area contributed by atoms with Gasteiger partial charge >= 0.3 is 0 Å². The van der Waals surface area contributed by atoms with Gasteiger partial charge in [0.25, 0.3) is 0 Å². The van der Waals surface area contributed by atoms with Crippen molar-refractivity contribution in [3.05, 3.63) is 41.6 Å². The molecule has 4 heteroatoms. The molecule has 0 aliphatic rings. The summed E-state index contributed by atoms with van der Waals surface area (Å²) < 4.78 is 0. The Morgan fingerprint density at radius 3 is 2.60 bits per heavy atom. The van der Waals surface area contributed by atoms with Gasteiger partial charge in [0, 0.05) is 5.56 Å². The number of hydrogen-bond acceptors (Lipinski definition) is 3. The number of nitrogens with zero attached hydrogens (tertiary/aromatic N) is 1. The Bertz CT molecular complexity index is 482. The largest absolute Gasteiger partial charge is 0.508 e. The van der Waals surface area contributed by atoms with Gasteiger partial charge in [0.05, 0.1) is 22.6 Å². The average molecular weight is 221 g/mol. The Balaban J connectivity index is 2.49. The van der Waals surface area contributed by atoms with Crippen LogP contribution in [0, 0.1) is 0 Å². The lowest BCUT2D eigenvalue weighted by atomic mass is 10.1. The molecule has 0 fully saturated rings. The molecule has 1 aromatic carbocycles. The molecule has 0 saturated heterocycles. The highest BCUT2D eigenvalue weighted by atomic mass is 35.5. The zero-order chi connectivity index (χ0) is 10.8. The number of nitrogen functional groups attached to an aromatic ring is 1.